The molecule has 0 fully saturated rings. The van der Waals surface area contributed by atoms with Crippen LogP contribution in [0.2, 0.25) is 0 Å². The summed E-state index contributed by atoms with van der Waals surface area (Å²) in [7, 11) is 0. The van der Waals surface area contributed by atoms with Crippen LogP contribution in [-0.2, 0) is 11.3 Å². The van der Waals surface area contributed by atoms with E-state index in [1.54, 1.807) is 0 Å². The first kappa shape index (κ1) is 13.0. The first-order valence-electron chi connectivity index (χ1n) is 5.15. The van der Waals surface area contributed by atoms with Crippen molar-refractivity contribution in [2.24, 2.45) is 0 Å². The summed E-state index contributed by atoms with van der Waals surface area (Å²) in [6, 6.07) is 1.89. The van der Waals surface area contributed by atoms with E-state index < -0.39 is 17.5 Å². The second kappa shape index (κ2) is 6.53. The highest BCUT2D eigenvalue weighted by Crippen LogP contribution is 2.14. The van der Waals surface area contributed by atoms with Gasteiger partial charge in [0.1, 0.15) is 0 Å². The zero-order chi connectivity index (χ0) is 12.0. The van der Waals surface area contributed by atoms with Crippen molar-refractivity contribution in [1.82, 2.24) is 0 Å². The van der Waals surface area contributed by atoms with Crippen molar-refractivity contribution in [2.75, 3.05) is 6.61 Å². The Hall–Kier alpha value is -1.03. The van der Waals surface area contributed by atoms with Gasteiger partial charge in [-0.2, -0.15) is 0 Å². The molecular weight excluding hydrogens is 217 g/mol. The third-order valence-electron chi connectivity index (χ3n) is 2.10. The van der Waals surface area contributed by atoms with Crippen LogP contribution >= 0.6 is 0 Å². The Morgan fingerprint density at radius 2 is 1.69 bits per heavy atom. The van der Waals surface area contributed by atoms with E-state index in [4.69, 9.17) is 4.74 Å². The minimum Gasteiger partial charge on any atom is -0.377 e. The van der Waals surface area contributed by atoms with Gasteiger partial charge in [-0.15, -0.1) is 0 Å². The van der Waals surface area contributed by atoms with Gasteiger partial charge in [-0.25, -0.2) is 13.2 Å². The zero-order valence-corrected chi connectivity index (χ0v) is 8.94. The van der Waals surface area contributed by atoms with Gasteiger partial charge in [-0.05, 0) is 24.1 Å². The van der Waals surface area contributed by atoms with Crippen LogP contribution in [-0.4, -0.2) is 6.61 Å². The van der Waals surface area contributed by atoms with Crippen molar-refractivity contribution >= 4 is 0 Å². The lowest BCUT2D eigenvalue weighted by atomic mass is 10.2. The molecule has 1 nitrogen and oxygen atoms in total. The molecule has 0 N–H and O–H groups in total. The molecule has 0 atom stereocenters. The highest BCUT2D eigenvalue weighted by Gasteiger charge is 2.10. The average molecular weight is 231 g/mol. The molecule has 1 radical (unpaired) electrons. The fourth-order valence-electron chi connectivity index (χ4n) is 1.26. The summed E-state index contributed by atoms with van der Waals surface area (Å²) < 4.78 is 43.4. The molecular formula is C12H14F3O. The lowest BCUT2D eigenvalue weighted by molar-refractivity contribution is 0.117. The molecule has 0 bridgehead atoms. The van der Waals surface area contributed by atoms with E-state index in [0.717, 1.165) is 31.4 Å². The standard InChI is InChI=1S/C12H14F3O/c1-2-3-4-5-16-8-9-6-10(13)12(15)11(14)7-9/h6-7H,1-5,8H2. The Morgan fingerprint density at radius 1 is 1.06 bits per heavy atom. The Labute approximate surface area is 93.2 Å². The van der Waals surface area contributed by atoms with Crippen LogP contribution in [0.5, 0.6) is 0 Å². The molecule has 0 heterocycles. The van der Waals surface area contributed by atoms with Crippen LogP contribution in [0.15, 0.2) is 12.1 Å². The second-order valence-corrected chi connectivity index (χ2v) is 3.49. The number of ether oxygens (including phenoxy) is 1. The van der Waals surface area contributed by atoms with Gasteiger partial charge in [0.2, 0.25) is 0 Å². The maximum atomic E-state index is 12.8. The van der Waals surface area contributed by atoms with Crippen LogP contribution in [0.25, 0.3) is 0 Å². The Morgan fingerprint density at radius 3 is 2.25 bits per heavy atom. The zero-order valence-electron chi connectivity index (χ0n) is 8.94. The molecule has 0 unspecified atom stereocenters. The van der Waals surface area contributed by atoms with Gasteiger partial charge in [0, 0.05) is 6.61 Å². The second-order valence-electron chi connectivity index (χ2n) is 3.49. The largest absolute Gasteiger partial charge is 0.377 e. The minimum atomic E-state index is -1.44. The van der Waals surface area contributed by atoms with Crippen molar-refractivity contribution in [3.63, 3.8) is 0 Å². The van der Waals surface area contributed by atoms with Gasteiger partial charge >= 0.3 is 0 Å². The SMILES string of the molecule is [CH2]CCCCOCc1cc(F)c(F)c(F)c1. The summed E-state index contributed by atoms with van der Waals surface area (Å²) in [5.41, 5.74) is 0.297. The number of rotatable bonds is 6. The summed E-state index contributed by atoms with van der Waals surface area (Å²) in [6.45, 7) is 4.28. The summed E-state index contributed by atoms with van der Waals surface area (Å²) >= 11 is 0. The van der Waals surface area contributed by atoms with Gasteiger partial charge in [0.15, 0.2) is 17.5 Å². The summed E-state index contributed by atoms with van der Waals surface area (Å²) in [5.74, 6) is -3.81. The maximum absolute atomic E-state index is 12.8. The van der Waals surface area contributed by atoms with Crippen LogP contribution in [0.1, 0.15) is 24.8 Å². The van der Waals surface area contributed by atoms with E-state index in [1.807, 2.05) is 0 Å². The van der Waals surface area contributed by atoms with Crippen molar-refractivity contribution in [2.45, 2.75) is 25.9 Å². The van der Waals surface area contributed by atoms with E-state index >= 15 is 0 Å². The third-order valence-corrected chi connectivity index (χ3v) is 2.10. The molecule has 0 aliphatic rings. The van der Waals surface area contributed by atoms with Crippen LogP contribution in [0.4, 0.5) is 13.2 Å². The predicted octanol–water partition coefficient (Wildman–Crippen LogP) is 3.62. The summed E-state index contributed by atoms with van der Waals surface area (Å²) in [4.78, 5) is 0. The predicted molar refractivity (Wildman–Crippen MR) is 55.2 cm³/mol. The molecule has 1 aromatic rings. The fraction of sp³-hybridized carbons (Fsp3) is 0.417. The van der Waals surface area contributed by atoms with Crippen molar-refractivity contribution in [3.8, 4) is 0 Å². The van der Waals surface area contributed by atoms with E-state index in [9.17, 15) is 13.2 Å². The van der Waals surface area contributed by atoms with Crippen LogP contribution in [0.3, 0.4) is 0 Å². The number of unbranched alkanes of at least 4 members (excludes halogenated alkanes) is 2. The average Bonchev–Trinajstić information content (AvgIpc) is 2.25. The Balaban J connectivity index is 2.43. The molecule has 0 spiro atoms. The molecule has 1 aromatic carbocycles. The molecule has 16 heavy (non-hydrogen) atoms. The molecule has 0 saturated heterocycles. The molecule has 0 amide bonds. The molecule has 0 saturated carbocycles. The first-order chi connectivity index (χ1) is 7.65. The molecule has 89 valence electrons. The van der Waals surface area contributed by atoms with Gasteiger partial charge in [0.05, 0.1) is 6.61 Å². The quantitative estimate of drug-likeness (QED) is 0.536. The van der Waals surface area contributed by atoms with E-state index in [2.05, 4.69) is 6.92 Å². The van der Waals surface area contributed by atoms with Gasteiger partial charge in [0.25, 0.3) is 0 Å². The molecule has 0 aromatic heterocycles. The molecule has 4 heteroatoms. The number of hydrogen-bond acceptors (Lipinski definition) is 1. The number of halogens is 3. The van der Waals surface area contributed by atoms with Crippen molar-refractivity contribution in [1.29, 1.82) is 0 Å². The monoisotopic (exact) mass is 231 g/mol. The number of benzene rings is 1. The van der Waals surface area contributed by atoms with Crippen molar-refractivity contribution < 1.29 is 17.9 Å². The van der Waals surface area contributed by atoms with Crippen molar-refractivity contribution in [3.05, 3.63) is 42.1 Å². The van der Waals surface area contributed by atoms with Gasteiger partial charge in [-0.3, -0.25) is 0 Å². The Kier molecular flexibility index (Phi) is 5.32. The highest BCUT2D eigenvalue weighted by atomic mass is 19.2. The van der Waals surface area contributed by atoms with E-state index in [1.165, 1.54) is 0 Å². The third kappa shape index (κ3) is 3.85. The van der Waals surface area contributed by atoms with E-state index in [0.29, 0.717) is 12.2 Å². The Bertz CT molecular complexity index is 316. The van der Waals surface area contributed by atoms with Gasteiger partial charge in [-0.1, -0.05) is 19.8 Å². The van der Waals surface area contributed by atoms with Gasteiger partial charge < -0.3 is 4.74 Å². The summed E-state index contributed by atoms with van der Waals surface area (Å²) in [5, 5.41) is 0. The normalized spacial score (nSPS) is 10.8. The first-order valence-corrected chi connectivity index (χ1v) is 5.15. The topological polar surface area (TPSA) is 9.23 Å². The smallest absolute Gasteiger partial charge is 0.194 e. The highest BCUT2D eigenvalue weighted by molar-refractivity contribution is 5.18. The fourth-order valence-corrected chi connectivity index (χ4v) is 1.26. The lowest BCUT2D eigenvalue weighted by Crippen LogP contribution is -1.99. The van der Waals surface area contributed by atoms with Crippen LogP contribution in [0, 0.1) is 24.4 Å². The van der Waals surface area contributed by atoms with Crippen LogP contribution < -0.4 is 0 Å². The summed E-state index contributed by atoms with van der Waals surface area (Å²) in [6.07, 6.45) is 2.64. The minimum absolute atomic E-state index is 0.0886. The lowest BCUT2D eigenvalue weighted by Gasteiger charge is -2.05. The molecule has 1 rings (SSSR count). The number of hydrogen-bond donors (Lipinski definition) is 0. The maximum Gasteiger partial charge on any atom is 0.194 e. The molecule has 0 aliphatic carbocycles. The molecule has 0 aliphatic heterocycles. The van der Waals surface area contributed by atoms with E-state index in [-0.39, 0.29) is 6.61 Å².